The van der Waals surface area contributed by atoms with Crippen LogP contribution < -0.4 is 16.4 Å². The van der Waals surface area contributed by atoms with Crippen molar-refractivity contribution in [2.45, 2.75) is 46.3 Å². The third kappa shape index (κ3) is 9.81. The van der Waals surface area contributed by atoms with Gasteiger partial charge >= 0.3 is 8.80 Å². The monoisotopic (exact) mass is 307 g/mol. The standard InChI is InChI=1S/C13H33N3O3Si/c1-5-17-20(18-6-2,19-7-3)12-8-9-15-10-11-16-13(4)14/h13,15-16H,5-12,14H2,1-4H3. The summed E-state index contributed by atoms with van der Waals surface area (Å²) < 4.78 is 17.4. The van der Waals surface area contributed by atoms with Gasteiger partial charge in [0, 0.05) is 39.0 Å². The van der Waals surface area contributed by atoms with Crippen LogP contribution in [0.5, 0.6) is 0 Å². The van der Waals surface area contributed by atoms with Gasteiger partial charge in [-0.15, -0.1) is 0 Å². The van der Waals surface area contributed by atoms with Gasteiger partial charge in [-0.2, -0.15) is 0 Å². The maximum absolute atomic E-state index is 5.81. The van der Waals surface area contributed by atoms with Gasteiger partial charge in [0.2, 0.25) is 0 Å². The molecule has 0 saturated carbocycles. The van der Waals surface area contributed by atoms with Gasteiger partial charge in [0.05, 0.1) is 6.17 Å². The Morgan fingerprint density at radius 1 is 0.950 bits per heavy atom. The van der Waals surface area contributed by atoms with E-state index in [-0.39, 0.29) is 6.17 Å². The van der Waals surface area contributed by atoms with Gasteiger partial charge in [0.25, 0.3) is 0 Å². The summed E-state index contributed by atoms with van der Waals surface area (Å²) in [6.45, 7) is 12.5. The molecular formula is C13H33N3O3Si. The number of nitrogens with one attached hydrogen (secondary N) is 2. The third-order valence-electron chi connectivity index (χ3n) is 2.70. The van der Waals surface area contributed by atoms with E-state index in [4.69, 9.17) is 19.0 Å². The van der Waals surface area contributed by atoms with E-state index in [1.807, 2.05) is 27.7 Å². The van der Waals surface area contributed by atoms with E-state index in [2.05, 4.69) is 10.6 Å². The molecule has 0 saturated heterocycles. The topological polar surface area (TPSA) is 77.8 Å². The zero-order valence-electron chi connectivity index (χ0n) is 13.5. The summed E-state index contributed by atoms with van der Waals surface area (Å²) in [7, 11) is -2.46. The van der Waals surface area contributed by atoms with E-state index >= 15 is 0 Å². The SMILES string of the molecule is CCO[Si](CCCNCCNC(C)N)(OCC)OCC. The Balaban J connectivity index is 3.88. The maximum atomic E-state index is 5.81. The lowest BCUT2D eigenvalue weighted by Gasteiger charge is -2.28. The Bertz CT molecular complexity index is 204. The predicted molar refractivity (Wildman–Crippen MR) is 84.6 cm³/mol. The molecule has 7 heteroatoms. The molecule has 0 spiro atoms. The first-order valence-electron chi connectivity index (χ1n) is 7.71. The highest BCUT2D eigenvalue weighted by Gasteiger charge is 2.39. The van der Waals surface area contributed by atoms with E-state index in [0.29, 0.717) is 19.8 Å². The normalized spacial score (nSPS) is 13.7. The Kier molecular flexibility index (Phi) is 12.7. The third-order valence-corrected chi connectivity index (χ3v) is 5.85. The van der Waals surface area contributed by atoms with Crippen molar-refractivity contribution in [1.29, 1.82) is 0 Å². The number of nitrogens with two attached hydrogens (primary N) is 1. The quantitative estimate of drug-likeness (QED) is 0.251. The van der Waals surface area contributed by atoms with Gasteiger partial charge < -0.3 is 29.6 Å². The van der Waals surface area contributed by atoms with Crippen molar-refractivity contribution in [2.75, 3.05) is 39.5 Å². The zero-order valence-corrected chi connectivity index (χ0v) is 14.5. The largest absolute Gasteiger partial charge is 0.500 e. The summed E-state index contributed by atoms with van der Waals surface area (Å²) >= 11 is 0. The summed E-state index contributed by atoms with van der Waals surface area (Å²) in [4.78, 5) is 0. The number of hydrogen-bond acceptors (Lipinski definition) is 6. The van der Waals surface area contributed by atoms with Gasteiger partial charge in [0.1, 0.15) is 0 Å². The van der Waals surface area contributed by atoms with Crippen LogP contribution in [0.15, 0.2) is 0 Å². The van der Waals surface area contributed by atoms with Crippen LogP contribution in [0.2, 0.25) is 6.04 Å². The highest BCUT2D eigenvalue weighted by atomic mass is 28.4. The van der Waals surface area contributed by atoms with E-state index in [1.54, 1.807) is 0 Å². The minimum Gasteiger partial charge on any atom is -0.374 e. The van der Waals surface area contributed by atoms with E-state index in [1.165, 1.54) is 0 Å². The van der Waals surface area contributed by atoms with Crippen molar-refractivity contribution in [3.05, 3.63) is 0 Å². The van der Waals surface area contributed by atoms with Gasteiger partial charge in [-0.1, -0.05) is 0 Å². The first kappa shape index (κ1) is 20.0. The average Bonchev–Trinajstić information content (AvgIpc) is 2.38. The van der Waals surface area contributed by atoms with Crippen LogP contribution in [0.4, 0.5) is 0 Å². The molecule has 0 rings (SSSR count). The lowest BCUT2D eigenvalue weighted by molar-refractivity contribution is 0.0708. The maximum Gasteiger partial charge on any atom is 0.500 e. The minimum atomic E-state index is -2.46. The molecule has 20 heavy (non-hydrogen) atoms. The van der Waals surface area contributed by atoms with Crippen LogP contribution in [0.3, 0.4) is 0 Å². The fourth-order valence-corrected chi connectivity index (χ4v) is 4.56. The van der Waals surface area contributed by atoms with Gasteiger partial charge in [-0.3, -0.25) is 0 Å². The first-order valence-corrected chi connectivity index (χ1v) is 9.65. The number of rotatable bonds is 14. The summed E-state index contributed by atoms with van der Waals surface area (Å²) in [6, 6.07) is 0.857. The van der Waals surface area contributed by atoms with Gasteiger partial charge in [0.15, 0.2) is 0 Å². The molecule has 1 atom stereocenters. The Morgan fingerprint density at radius 2 is 1.50 bits per heavy atom. The Morgan fingerprint density at radius 3 is 1.95 bits per heavy atom. The summed E-state index contributed by atoms with van der Waals surface area (Å²) in [5.41, 5.74) is 5.61. The highest BCUT2D eigenvalue weighted by Crippen LogP contribution is 2.17. The van der Waals surface area contributed by atoms with Crippen LogP contribution in [-0.4, -0.2) is 54.4 Å². The molecule has 0 heterocycles. The smallest absolute Gasteiger partial charge is 0.374 e. The average molecular weight is 308 g/mol. The van der Waals surface area contributed by atoms with E-state index in [0.717, 1.165) is 32.1 Å². The second-order valence-corrected chi connectivity index (χ2v) is 7.31. The molecule has 6 nitrogen and oxygen atoms in total. The van der Waals surface area contributed by atoms with Crippen LogP contribution in [0.1, 0.15) is 34.1 Å². The van der Waals surface area contributed by atoms with Crippen LogP contribution in [-0.2, 0) is 13.3 Å². The predicted octanol–water partition coefficient (Wildman–Crippen LogP) is 0.909. The number of hydrogen-bond donors (Lipinski definition) is 3. The van der Waals surface area contributed by atoms with Crippen LogP contribution in [0, 0.1) is 0 Å². The molecule has 0 bridgehead atoms. The lowest BCUT2D eigenvalue weighted by atomic mass is 10.4. The van der Waals surface area contributed by atoms with Gasteiger partial charge in [-0.05, 0) is 40.7 Å². The molecule has 0 radical (unpaired) electrons. The molecule has 122 valence electrons. The van der Waals surface area contributed by atoms with E-state index < -0.39 is 8.80 Å². The second kappa shape index (κ2) is 12.7. The fourth-order valence-electron chi connectivity index (χ4n) is 1.94. The van der Waals surface area contributed by atoms with Crippen molar-refractivity contribution < 1.29 is 13.3 Å². The van der Waals surface area contributed by atoms with Crippen molar-refractivity contribution in [3.8, 4) is 0 Å². The molecule has 1 unspecified atom stereocenters. The van der Waals surface area contributed by atoms with Gasteiger partial charge in [-0.25, -0.2) is 0 Å². The summed E-state index contributed by atoms with van der Waals surface area (Å²) in [5, 5.41) is 6.54. The second-order valence-electron chi connectivity index (χ2n) is 4.58. The molecule has 0 aliphatic rings. The Labute approximate surface area is 125 Å². The van der Waals surface area contributed by atoms with E-state index in [9.17, 15) is 0 Å². The zero-order chi connectivity index (χ0) is 15.3. The molecule has 0 aromatic heterocycles. The molecule has 0 amide bonds. The first-order chi connectivity index (χ1) is 9.60. The molecule has 0 aliphatic heterocycles. The van der Waals surface area contributed by atoms with Crippen molar-refractivity contribution in [3.63, 3.8) is 0 Å². The summed E-state index contributed by atoms with van der Waals surface area (Å²) in [6.07, 6.45) is 1.04. The Hall–Kier alpha value is -0.0231. The van der Waals surface area contributed by atoms with Crippen LogP contribution in [0.25, 0.3) is 0 Å². The molecule has 0 aromatic carbocycles. The molecule has 4 N–H and O–H groups in total. The molecule has 0 aliphatic carbocycles. The van der Waals surface area contributed by atoms with Crippen molar-refractivity contribution in [2.24, 2.45) is 5.73 Å². The molecular weight excluding hydrogens is 274 g/mol. The summed E-state index contributed by atoms with van der Waals surface area (Å²) in [5.74, 6) is 0. The van der Waals surface area contributed by atoms with Crippen molar-refractivity contribution in [1.82, 2.24) is 10.6 Å². The highest BCUT2D eigenvalue weighted by molar-refractivity contribution is 6.60. The fraction of sp³-hybridized carbons (Fsp3) is 1.00. The minimum absolute atomic E-state index is 0.0470. The lowest BCUT2D eigenvalue weighted by Crippen LogP contribution is -2.46. The van der Waals surface area contributed by atoms with Crippen LogP contribution >= 0.6 is 0 Å². The molecule has 0 fully saturated rings. The van der Waals surface area contributed by atoms with Crippen molar-refractivity contribution >= 4 is 8.80 Å². The molecule has 0 aromatic rings.